The second-order valence-corrected chi connectivity index (χ2v) is 4.60. The van der Waals surface area contributed by atoms with E-state index in [0.717, 1.165) is 0 Å². The van der Waals surface area contributed by atoms with E-state index in [1.165, 1.54) is 0 Å². The number of amides is 1. The number of nitrogens with zero attached hydrogens (tertiary/aromatic N) is 2. The maximum absolute atomic E-state index is 12.5. The molecule has 0 spiro atoms. The van der Waals surface area contributed by atoms with E-state index in [1.54, 1.807) is 31.2 Å². The molecule has 0 aliphatic heterocycles. The molecule has 1 aromatic heterocycles. The highest BCUT2D eigenvalue weighted by Gasteiger charge is 2.20. The quantitative estimate of drug-likeness (QED) is 0.815. The Labute approximate surface area is 118 Å². The first-order chi connectivity index (χ1) is 9.03. The summed E-state index contributed by atoms with van der Waals surface area (Å²) in [5, 5.41) is 3.18. The lowest BCUT2D eigenvalue weighted by atomic mass is 10.2. The van der Waals surface area contributed by atoms with Crippen LogP contribution in [0.3, 0.4) is 0 Å². The molecule has 1 aromatic rings. The molecule has 0 aromatic carbocycles. The molecule has 1 heterocycles. The Bertz CT molecular complexity index is 440. The SMILES string of the molecule is CCN(C(=O)c1cc(Cl)nc(NC)c1)C(C)COC. The number of hydrogen-bond donors (Lipinski definition) is 1. The van der Waals surface area contributed by atoms with Gasteiger partial charge < -0.3 is 15.0 Å². The van der Waals surface area contributed by atoms with Crippen LogP contribution < -0.4 is 5.32 Å². The largest absolute Gasteiger partial charge is 0.383 e. The molecule has 6 heteroatoms. The number of nitrogens with one attached hydrogen (secondary N) is 1. The van der Waals surface area contributed by atoms with Gasteiger partial charge in [0.2, 0.25) is 0 Å². The van der Waals surface area contributed by atoms with Crippen LogP contribution in [0.4, 0.5) is 5.82 Å². The lowest BCUT2D eigenvalue weighted by molar-refractivity contribution is 0.0579. The highest BCUT2D eigenvalue weighted by Crippen LogP contribution is 2.17. The number of ether oxygens (including phenoxy) is 1. The fourth-order valence-corrected chi connectivity index (χ4v) is 2.11. The molecule has 0 radical (unpaired) electrons. The summed E-state index contributed by atoms with van der Waals surface area (Å²) in [5.74, 6) is 0.499. The molecule has 106 valence electrons. The standard InChI is InChI=1S/C13H20ClN3O2/c1-5-17(9(2)8-19-4)13(18)10-6-11(14)16-12(7-10)15-3/h6-7,9H,5,8H2,1-4H3,(H,15,16). The van der Waals surface area contributed by atoms with Crippen LogP contribution in [0.1, 0.15) is 24.2 Å². The van der Waals surface area contributed by atoms with E-state index in [0.29, 0.717) is 29.7 Å². The molecule has 5 nitrogen and oxygen atoms in total. The number of rotatable bonds is 6. The van der Waals surface area contributed by atoms with Crippen LogP contribution in [0.2, 0.25) is 5.15 Å². The first-order valence-electron chi connectivity index (χ1n) is 6.18. The van der Waals surface area contributed by atoms with Gasteiger partial charge in [-0.2, -0.15) is 0 Å². The Balaban J connectivity index is 3.00. The average Bonchev–Trinajstić information content (AvgIpc) is 2.39. The predicted octanol–water partition coefficient (Wildman–Crippen LogP) is 2.27. The van der Waals surface area contributed by atoms with Gasteiger partial charge in [-0.25, -0.2) is 4.98 Å². The average molecular weight is 286 g/mol. The molecule has 19 heavy (non-hydrogen) atoms. The molecular formula is C13H20ClN3O2. The topological polar surface area (TPSA) is 54.5 Å². The molecule has 1 amide bonds. The smallest absolute Gasteiger partial charge is 0.254 e. The minimum Gasteiger partial charge on any atom is -0.383 e. The monoisotopic (exact) mass is 285 g/mol. The van der Waals surface area contributed by atoms with Gasteiger partial charge in [-0.15, -0.1) is 0 Å². The van der Waals surface area contributed by atoms with Gasteiger partial charge in [0.05, 0.1) is 12.6 Å². The number of methoxy groups -OCH3 is 1. The number of carbonyl (C=O) groups excluding carboxylic acids is 1. The molecule has 0 aliphatic rings. The lowest BCUT2D eigenvalue weighted by Crippen LogP contribution is -2.41. The molecule has 1 N–H and O–H groups in total. The summed E-state index contributed by atoms with van der Waals surface area (Å²) in [7, 11) is 3.36. The first-order valence-corrected chi connectivity index (χ1v) is 6.56. The summed E-state index contributed by atoms with van der Waals surface area (Å²) in [6, 6.07) is 3.27. The van der Waals surface area contributed by atoms with Gasteiger partial charge in [-0.3, -0.25) is 4.79 Å². The van der Waals surface area contributed by atoms with Crippen molar-refractivity contribution in [3.05, 3.63) is 22.8 Å². The third kappa shape index (κ3) is 4.08. The number of halogens is 1. The van der Waals surface area contributed by atoms with Crippen LogP contribution in [0.25, 0.3) is 0 Å². The Morgan fingerprint density at radius 1 is 1.58 bits per heavy atom. The third-order valence-electron chi connectivity index (χ3n) is 2.84. The van der Waals surface area contributed by atoms with E-state index in [2.05, 4.69) is 10.3 Å². The molecule has 0 saturated carbocycles. The van der Waals surface area contributed by atoms with Crippen LogP contribution in [-0.4, -0.2) is 49.1 Å². The Hall–Kier alpha value is -1.33. The summed E-state index contributed by atoms with van der Waals surface area (Å²) in [6.07, 6.45) is 0. The maximum Gasteiger partial charge on any atom is 0.254 e. The van der Waals surface area contributed by atoms with Crippen molar-refractivity contribution in [3.8, 4) is 0 Å². The number of carbonyl (C=O) groups is 1. The number of hydrogen-bond acceptors (Lipinski definition) is 4. The second kappa shape index (κ2) is 7.31. The fraction of sp³-hybridized carbons (Fsp3) is 0.538. The van der Waals surface area contributed by atoms with Crippen LogP contribution in [-0.2, 0) is 4.74 Å². The highest BCUT2D eigenvalue weighted by molar-refractivity contribution is 6.29. The van der Waals surface area contributed by atoms with Crippen LogP contribution in [0.15, 0.2) is 12.1 Å². The van der Waals surface area contributed by atoms with Gasteiger partial charge in [-0.05, 0) is 26.0 Å². The van der Waals surface area contributed by atoms with Crippen molar-refractivity contribution in [3.63, 3.8) is 0 Å². The van der Waals surface area contributed by atoms with Gasteiger partial charge in [0.25, 0.3) is 5.91 Å². The summed E-state index contributed by atoms with van der Waals surface area (Å²) < 4.78 is 5.10. The van der Waals surface area contributed by atoms with E-state index in [-0.39, 0.29) is 11.9 Å². The van der Waals surface area contributed by atoms with Crippen molar-refractivity contribution >= 4 is 23.3 Å². The number of anilines is 1. The van der Waals surface area contributed by atoms with Crippen molar-refractivity contribution in [2.24, 2.45) is 0 Å². The molecular weight excluding hydrogens is 266 g/mol. The van der Waals surface area contributed by atoms with Crippen LogP contribution >= 0.6 is 11.6 Å². The molecule has 0 bridgehead atoms. The van der Waals surface area contributed by atoms with E-state index < -0.39 is 0 Å². The molecule has 1 rings (SSSR count). The van der Waals surface area contributed by atoms with Crippen LogP contribution in [0, 0.1) is 0 Å². The summed E-state index contributed by atoms with van der Waals surface area (Å²) in [5.41, 5.74) is 0.522. The van der Waals surface area contributed by atoms with Gasteiger partial charge >= 0.3 is 0 Å². The molecule has 0 aliphatic carbocycles. The van der Waals surface area contributed by atoms with Gasteiger partial charge in [0, 0.05) is 26.3 Å². The van der Waals surface area contributed by atoms with E-state index >= 15 is 0 Å². The summed E-state index contributed by atoms with van der Waals surface area (Å²) in [6.45, 7) is 4.99. The molecule has 1 atom stereocenters. The normalized spacial score (nSPS) is 12.1. The minimum atomic E-state index is -0.0761. The molecule has 1 unspecified atom stereocenters. The van der Waals surface area contributed by atoms with Crippen molar-refractivity contribution in [1.29, 1.82) is 0 Å². The highest BCUT2D eigenvalue weighted by atomic mass is 35.5. The summed E-state index contributed by atoms with van der Waals surface area (Å²) in [4.78, 5) is 18.3. The van der Waals surface area contributed by atoms with E-state index in [9.17, 15) is 4.79 Å². The van der Waals surface area contributed by atoms with Crippen molar-refractivity contribution in [1.82, 2.24) is 9.88 Å². The van der Waals surface area contributed by atoms with Gasteiger partial charge in [-0.1, -0.05) is 11.6 Å². The second-order valence-electron chi connectivity index (χ2n) is 4.21. The van der Waals surface area contributed by atoms with E-state index in [1.807, 2.05) is 13.8 Å². The van der Waals surface area contributed by atoms with Crippen molar-refractivity contribution in [2.45, 2.75) is 19.9 Å². The third-order valence-corrected chi connectivity index (χ3v) is 3.03. The Kier molecular flexibility index (Phi) is 6.05. The van der Waals surface area contributed by atoms with E-state index in [4.69, 9.17) is 16.3 Å². The zero-order chi connectivity index (χ0) is 14.4. The van der Waals surface area contributed by atoms with Crippen molar-refractivity contribution < 1.29 is 9.53 Å². The fourth-order valence-electron chi connectivity index (χ4n) is 1.90. The Morgan fingerprint density at radius 3 is 2.79 bits per heavy atom. The molecule has 0 fully saturated rings. The Morgan fingerprint density at radius 2 is 2.26 bits per heavy atom. The van der Waals surface area contributed by atoms with Crippen molar-refractivity contribution in [2.75, 3.05) is 32.6 Å². The van der Waals surface area contributed by atoms with Gasteiger partial charge in [0.15, 0.2) is 0 Å². The zero-order valence-electron chi connectivity index (χ0n) is 11.7. The van der Waals surface area contributed by atoms with Gasteiger partial charge in [0.1, 0.15) is 11.0 Å². The number of pyridine rings is 1. The minimum absolute atomic E-state index is 0.00692. The number of likely N-dealkylation sites (N-methyl/N-ethyl adjacent to an activating group) is 1. The maximum atomic E-state index is 12.5. The predicted molar refractivity (Wildman–Crippen MR) is 76.8 cm³/mol. The summed E-state index contributed by atoms with van der Waals surface area (Å²) >= 11 is 5.91. The first kappa shape index (κ1) is 15.7. The molecule has 0 saturated heterocycles. The lowest BCUT2D eigenvalue weighted by Gasteiger charge is -2.27. The zero-order valence-corrected chi connectivity index (χ0v) is 12.5. The number of aromatic nitrogens is 1. The van der Waals surface area contributed by atoms with Crippen LogP contribution in [0.5, 0.6) is 0 Å².